The minimum atomic E-state index is 0.541. The number of fused-ring (bicyclic) bond motifs is 3. The highest BCUT2D eigenvalue weighted by molar-refractivity contribution is 9.10. The lowest BCUT2D eigenvalue weighted by molar-refractivity contribution is 0.645. The summed E-state index contributed by atoms with van der Waals surface area (Å²) in [6.45, 7) is 1.43. The number of hydrogen-bond acceptors (Lipinski definition) is 4. The minimum Gasteiger partial charge on any atom is -0.340 e. The minimum absolute atomic E-state index is 0.541. The van der Waals surface area contributed by atoms with Gasteiger partial charge in [0, 0.05) is 39.3 Å². The second-order valence-electron chi connectivity index (χ2n) is 6.10. The monoisotopic (exact) mass is 393 g/mol. The lowest BCUT2D eigenvalue weighted by Gasteiger charge is -2.08. The van der Waals surface area contributed by atoms with E-state index in [0.29, 0.717) is 13.0 Å². The van der Waals surface area contributed by atoms with Crippen LogP contribution in [0.4, 0.5) is 0 Å². The van der Waals surface area contributed by atoms with Gasteiger partial charge in [-0.1, -0.05) is 34.1 Å². The predicted molar refractivity (Wildman–Crippen MR) is 103 cm³/mol. The lowest BCUT2D eigenvalue weighted by atomic mass is 10.1. The summed E-state index contributed by atoms with van der Waals surface area (Å²) in [7, 11) is 0. The molecule has 0 N–H and O–H groups in total. The van der Waals surface area contributed by atoms with Crippen LogP contribution in [-0.2, 0) is 6.54 Å². The number of halogens is 1. The van der Waals surface area contributed by atoms with Crippen molar-refractivity contribution in [3.8, 4) is 6.07 Å². The maximum Gasteiger partial charge on any atom is 0.107 e. The molecule has 0 saturated carbocycles. The first-order valence-corrected chi connectivity index (χ1v) is 9.09. The second kappa shape index (κ2) is 6.77. The van der Waals surface area contributed by atoms with E-state index in [0.717, 1.165) is 35.1 Å². The number of rotatable bonds is 5. The molecule has 2 heterocycles. The molecule has 1 aliphatic heterocycles. The topological polar surface area (TPSA) is 65.8 Å². The van der Waals surface area contributed by atoms with Crippen molar-refractivity contribution in [1.82, 2.24) is 4.57 Å². The molecule has 0 bridgehead atoms. The smallest absolute Gasteiger partial charge is 0.107 e. The second-order valence-corrected chi connectivity index (χ2v) is 7.01. The van der Waals surface area contributed by atoms with Crippen LogP contribution in [0.3, 0.4) is 0 Å². The molecule has 0 amide bonds. The summed E-state index contributed by atoms with van der Waals surface area (Å²) in [5.74, 6) is 0. The first kappa shape index (κ1) is 16.0. The average Bonchev–Trinajstić information content (AvgIpc) is 3.25. The predicted octanol–water partition coefficient (Wildman–Crippen LogP) is 5.42. The number of benzene rings is 2. The third kappa shape index (κ3) is 2.96. The van der Waals surface area contributed by atoms with Gasteiger partial charge >= 0.3 is 0 Å². The molecule has 4 rings (SSSR count). The molecular formula is C19H16BrN5. The third-order valence-corrected chi connectivity index (χ3v) is 5.03. The zero-order chi connectivity index (χ0) is 17.2. The summed E-state index contributed by atoms with van der Waals surface area (Å²) < 4.78 is 3.42. The zero-order valence-corrected chi connectivity index (χ0v) is 15.2. The largest absolute Gasteiger partial charge is 0.340 e. The Bertz CT molecular complexity index is 1060. The van der Waals surface area contributed by atoms with E-state index in [1.54, 1.807) is 0 Å². The van der Waals surface area contributed by atoms with E-state index in [4.69, 9.17) is 5.26 Å². The Hall–Kier alpha value is -2.52. The van der Waals surface area contributed by atoms with E-state index in [1.807, 2.05) is 0 Å². The van der Waals surface area contributed by atoms with Gasteiger partial charge in [-0.3, -0.25) is 0 Å². The normalized spacial score (nSPS) is 13.5. The van der Waals surface area contributed by atoms with Crippen LogP contribution in [0.25, 0.3) is 21.8 Å². The summed E-state index contributed by atoms with van der Waals surface area (Å²) in [5.41, 5.74) is 4.38. The van der Waals surface area contributed by atoms with E-state index < -0.39 is 0 Å². The number of nitrogens with zero attached hydrogens (tertiary/aromatic N) is 5. The first-order valence-electron chi connectivity index (χ1n) is 8.30. The zero-order valence-electron chi connectivity index (χ0n) is 13.6. The molecular weight excluding hydrogens is 378 g/mol. The lowest BCUT2D eigenvalue weighted by Crippen LogP contribution is -2.03. The van der Waals surface area contributed by atoms with Gasteiger partial charge in [-0.2, -0.15) is 10.4 Å². The van der Waals surface area contributed by atoms with Crippen LogP contribution in [-0.4, -0.2) is 16.8 Å². The molecule has 0 fully saturated rings. The molecule has 25 heavy (non-hydrogen) atoms. The Kier molecular flexibility index (Phi) is 4.33. The van der Waals surface area contributed by atoms with Crippen LogP contribution in [0, 0.1) is 11.3 Å². The van der Waals surface area contributed by atoms with Crippen LogP contribution >= 0.6 is 15.9 Å². The molecule has 0 radical (unpaired) electrons. The van der Waals surface area contributed by atoms with Gasteiger partial charge in [0.1, 0.15) is 6.54 Å². The molecule has 6 heteroatoms. The maximum absolute atomic E-state index is 8.77. The van der Waals surface area contributed by atoms with Crippen LogP contribution in [0.1, 0.15) is 24.8 Å². The highest BCUT2D eigenvalue weighted by atomic mass is 79.9. The van der Waals surface area contributed by atoms with Gasteiger partial charge in [-0.15, -0.1) is 5.10 Å². The summed E-state index contributed by atoms with van der Waals surface area (Å²) in [6, 6.07) is 15.1. The van der Waals surface area contributed by atoms with E-state index in [2.05, 4.69) is 78.4 Å². The Morgan fingerprint density at radius 2 is 1.88 bits per heavy atom. The van der Waals surface area contributed by atoms with Crippen molar-refractivity contribution in [1.29, 1.82) is 5.26 Å². The average molecular weight is 394 g/mol. The molecule has 0 atom stereocenters. The van der Waals surface area contributed by atoms with Gasteiger partial charge in [-0.05, 0) is 36.3 Å². The van der Waals surface area contributed by atoms with Crippen LogP contribution in [0.2, 0.25) is 0 Å². The van der Waals surface area contributed by atoms with Crippen LogP contribution in [0.15, 0.2) is 56.3 Å². The molecule has 2 aromatic carbocycles. The highest BCUT2D eigenvalue weighted by Gasteiger charge is 2.14. The molecule has 5 nitrogen and oxygen atoms in total. The van der Waals surface area contributed by atoms with E-state index in [1.165, 1.54) is 21.8 Å². The van der Waals surface area contributed by atoms with Gasteiger partial charge in [0.2, 0.25) is 0 Å². The molecule has 1 aliphatic rings. The molecule has 0 saturated heterocycles. The number of aryl methyl sites for hydroxylation is 1. The quantitative estimate of drug-likeness (QED) is 0.533. The van der Waals surface area contributed by atoms with Crippen molar-refractivity contribution in [2.24, 2.45) is 15.4 Å². The number of unbranched alkanes of at least 4 members (excludes halogenated alkanes) is 2. The van der Waals surface area contributed by atoms with Crippen molar-refractivity contribution in [2.75, 3.05) is 6.54 Å². The summed E-state index contributed by atoms with van der Waals surface area (Å²) in [6.07, 6.45) is 2.50. The highest BCUT2D eigenvalue weighted by Crippen LogP contribution is 2.32. The fraction of sp³-hybridized carbons (Fsp3) is 0.263. The van der Waals surface area contributed by atoms with Gasteiger partial charge in [-0.25, -0.2) is 0 Å². The van der Waals surface area contributed by atoms with E-state index in [9.17, 15) is 0 Å². The van der Waals surface area contributed by atoms with Crippen molar-refractivity contribution >= 4 is 43.4 Å². The Labute approximate surface area is 153 Å². The van der Waals surface area contributed by atoms with Crippen LogP contribution < -0.4 is 0 Å². The molecule has 0 unspecified atom stereocenters. The number of hydrogen-bond donors (Lipinski definition) is 0. The van der Waals surface area contributed by atoms with Gasteiger partial charge in [0.15, 0.2) is 0 Å². The first-order chi connectivity index (χ1) is 12.3. The van der Waals surface area contributed by atoms with Crippen molar-refractivity contribution in [3.63, 3.8) is 0 Å². The maximum atomic E-state index is 8.77. The van der Waals surface area contributed by atoms with E-state index >= 15 is 0 Å². The SMILES string of the molecule is N#CCCCCn1c2cc(Br)ccc2c2ccc(C3=NN=NC3)cc21. The summed E-state index contributed by atoms with van der Waals surface area (Å²) in [5, 5.41) is 23.0. The van der Waals surface area contributed by atoms with Gasteiger partial charge in [0.05, 0.1) is 17.3 Å². The number of nitriles is 1. The molecule has 1 aromatic heterocycles. The Morgan fingerprint density at radius 3 is 2.64 bits per heavy atom. The molecule has 124 valence electrons. The molecule has 0 aliphatic carbocycles. The van der Waals surface area contributed by atoms with Crippen molar-refractivity contribution in [3.05, 3.63) is 46.4 Å². The number of aromatic nitrogens is 1. The fourth-order valence-electron chi connectivity index (χ4n) is 3.33. The Balaban J connectivity index is 1.85. The van der Waals surface area contributed by atoms with Gasteiger partial charge < -0.3 is 4.57 Å². The summed E-state index contributed by atoms with van der Waals surface area (Å²) >= 11 is 3.58. The Morgan fingerprint density at radius 1 is 1.08 bits per heavy atom. The fourth-order valence-corrected chi connectivity index (χ4v) is 3.68. The molecule has 0 spiro atoms. The van der Waals surface area contributed by atoms with E-state index in [-0.39, 0.29) is 0 Å². The molecule has 3 aromatic rings. The van der Waals surface area contributed by atoms with Crippen molar-refractivity contribution < 1.29 is 0 Å². The van der Waals surface area contributed by atoms with Gasteiger partial charge in [0.25, 0.3) is 0 Å². The standard InChI is InChI=1S/C19H16BrN5/c20-14-5-7-16-15-6-4-13(17-12-22-24-23-17)10-18(15)25(19(16)11-14)9-3-1-2-8-21/h4-7,10-11H,1-3,9,12H2. The van der Waals surface area contributed by atoms with Crippen molar-refractivity contribution in [2.45, 2.75) is 25.8 Å². The third-order valence-electron chi connectivity index (χ3n) is 4.53. The summed E-state index contributed by atoms with van der Waals surface area (Å²) in [4.78, 5) is 0. The van der Waals surface area contributed by atoms with Crippen LogP contribution in [0.5, 0.6) is 0 Å².